The van der Waals surface area contributed by atoms with Gasteiger partial charge in [0, 0.05) is 11.1 Å². The molecule has 3 rings (SSSR count). The number of amides is 1. The second kappa shape index (κ2) is 6.34. The van der Waals surface area contributed by atoms with Crippen molar-refractivity contribution in [1.29, 1.82) is 0 Å². The van der Waals surface area contributed by atoms with Gasteiger partial charge in [-0.3, -0.25) is 10.0 Å². The van der Waals surface area contributed by atoms with Gasteiger partial charge in [-0.05, 0) is 36.4 Å². The van der Waals surface area contributed by atoms with Gasteiger partial charge in [-0.25, -0.2) is 13.9 Å². The minimum absolute atomic E-state index is 0.0402. The van der Waals surface area contributed by atoms with Gasteiger partial charge >= 0.3 is 5.91 Å². The van der Waals surface area contributed by atoms with Crippen molar-refractivity contribution in [3.63, 3.8) is 0 Å². The number of nitrogens with one attached hydrogen (secondary N) is 2. The quantitative estimate of drug-likeness (QED) is 0.483. The molecular weight excluding hydrogens is 332 g/mol. The zero-order valence-electron chi connectivity index (χ0n) is 12.4. The van der Waals surface area contributed by atoms with Crippen LogP contribution in [0.5, 0.6) is 0 Å². The Kier molecular flexibility index (Phi) is 4.24. The highest BCUT2D eigenvalue weighted by molar-refractivity contribution is 7.91. The second-order valence-corrected chi connectivity index (χ2v) is 7.04. The molecule has 1 amide bonds. The Morgan fingerprint density at radius 2 is 1.83 bits per heavy atom. The summed E-state index contributed by atoms with van der Waals surface area (Å²) in [7, 11) is -3.46. The van der Waals surface area contributed by atoms with E-state index in [0.717, 1.165) is 0 Å². The van der Waals surface area contributed by atoms with E-state index in [1.807, 2.05) is 0 Å². The van der Waals surface area contributed by atoms with Crippen molar-refractivity contribution in [3.8, 4) is 0 Å². The number of anilines is 1. The van der Waals surface area contributed by atoms with Crippen LogP contribution in [0.1, 0.15) is 10.6 Å². The summed E-state index contributed by atoms with van der Waals surface area (Å²) in [5, 5.41) is 12.1. The zero-order valence-corrected chi connectivity index (χ0v) is 13.2. The Morgan fingerprint density at radius 3 is 2.54 bits per heavy atom. The Balaban J connectivity index is 1.79. The molecule has 1 aromatic heterocycles. The molecule has 0 saturated heterocycles. The first-order valence-corrected chi connectivity index (χ1v) is 8.64. The van der Waals surface area contributed by atoms with Crippen molar-refractivity contribution in [3.05, 3.63) is 60.4 Å². The summed E-state index contributed by atoms with van der Waals surface area (Å²) in [6.07, 6.45) is 0. The maximum atomic E-state index is 12.2. The van der Waals surface area contributed by atoms with Crippen LogP contribution in [-0.2, 0) is 9.84 Å². The smallest absolute Gasteiger partial charge is 0.310 e. The van der Waals surface area contributed by atoms with Crippen LogP contribution in [0.4, 0.5) is 5.69 Å². The molecule has 2 aromatic carbocycles. The summed E-state index contributed by atoms with van der Waals surface area (Å²) < 4.78 is 29.8. The molecule has 0 atom stereocenters. The lowest BCUT2D eigenvalue weighted by molar-refractivity contribution is 0.0678. The van der Waals surface area contributed by atoms with Crippen LogP contribution in [0.25, 0.3) is 11.0 Å². The fourth-order valence-electron chi connectivity index (χ4n) is 2.21. The molecule has 0 spiro atoms. The van der Waals surface area contributed by atoms with Crippen LogP contribution in [-0.4, -0.2) is 25.4 Å². The Morgan fingerprint density at radius 1 is 1.08 bits per heavy atom. The first-order chi connectivity index (χ1) is 11.5. The highest BCUT2D eigenvalue weighted by atomic mass is 32.2. The molecule has 0 aliphatic carbocycles. The van der Waals surface area contributed by atoms with E-state index < -0.39 is 15.7 Å². The topological polar surface area (TPSA) is 109 Å². The molecule has 3 N–H and O–H groups in total. The van der Waals surface area contributed by atoms with Crippen molar-refractivity contribution in [2.24, 2.45) is 0 Å². The number of sulfone groups is 1. The molecule has 0 unspecified atom stereocenters. The first-order valence-electron chi connectivity index (χ1n) is 6.99. The normalized spacial score (nSPS) is 11.4. The average Bonchev–Trinajstić information content (AvgIpc) is 3.03. The zero-order chi connectivity index (χ0) is 17.2. The predicted molar refractivity (Wildman–Crippen MR) is 87.6 cm³/mol. The van der Waals surface area contributed by atoms with Gasteiger partial charge in [0.1, 0.15) is 11.5 Å². The third kappa shape index (κ3) is 3.24. The third-order valence-corrected chi connectivity index (χ3v) is 4.93. The summed E-state index contributed by atoms with van der Waals surface area (Å²) in [6, 6.07) is 14.5. The van der Waals surface area contributed by atoms with Gasteiger partial charge in [-0.2, -0.15) is 0 Å². The number of fused-ring (bicyclic) bond motifs is 1. The van der Waals surface area contributed by atoms with Gasteiger partial charge in [-0.15, -0.1) is 0 Å². The van der Waals surface area contributed by atoms with E-state index in [4.69, 9.17) is 9.62 Å². The molecule has 24 heavy (non-hydrogen) atoms. The van der Waals surface area contributed by atoms with Crippen LogP contribution in [0.3, 0.4) is 0 Å². The van der Waals surface area contributed by atoms with Crippen LogP contribution in [0.2, 0.25) is 0 Å². The maximum Gasteiger partial charge on any atom is 0.310 e. The van der Waals surface area contributed by atoms with Gasteiger partial charge in [0.2, 0.25) is 0 Å². The number of carbonyl (C=O) groups excluding carboxylic acids is 1. The minimum atomic E-state index is -3.46. The fraction of sp³-hybridized carbons (Fsp3) is 0.0625. The number of rotatable bonds is 5. The van der Waals surface area contributed by atoms with Crippen LogP contribution >= 0.6 is 0 Å². The van der Waals surface area contributed by atoms with E-state index in [1.54, 1.807) is 36.4 Å². The summed E-state index contributed by atoms with van der Waals surface area (Å²) in [4.78, 5) is 11.6. The summed E-state index contributed by atoms with van der Waals surface area (Å²) in [5.74, 6) is -1.06. The van der Waals surface area contributed by atoms with Crippen LogP contribution in [0.15, 0.2) is 63.9 Å². The van der Waals surface area contributed by atoms with Crippen molar-refractivity contribution in [2.75, 3.05) is 11.2 Å². The monoisotopic (exact) mass is 346 g/mol. The fourth-order valence-corrected chi connectivity index (χ4v) is 3.30. The van der Waals surface area contributed by atoms with E-state index in [-0.39, 0.29) is 16.5 Å². The number of hydroxylamine groups is 1. The van der Waals surface area contributed by atoms with Gasteiger partial charge in [-0.1, -0.05) is 18.2 Å². The second-order valence-electron chi connectivity index (χ2n) is 5.05. The molecule has 0 radical (unpaired) electrons. The SMILES string of the molecule is O=C(NO)c1cc2cc(NCS(=O)(=O)c3ccccc3)ccc2o1. The molecule has 8 heteroatoms. The molecule has 3 aromatic rings. The standard InChI is InChI=1S/C16H14N2O5S/c19-16(18-20)15-9-11-8-12(6-7-14(11)23-15)17-10-24(21,22)13-4-2-1-3-5-13/h1-9,17,20H,10H2,(H,18,19). The Labute approximate surface area is 137 Å². The highest BCUT2D eigenvalue weighted by Gasteiger charge is 2.15. The minimum Gasteiger partial charge on any atom is -0.451 e. The Bertz CT molecular complexity index is 980. The molecule has 124 valence electrons. The van der Waals surface area contributed by atoms with E-state index >= 15 is 0 Å². The number of hydrogen-bond donors (Lipinski definition) is 3. The largest absolute Gasteiger partial charge is 0.451 e. The molecule has 0 fully saturated rings. The molecule has 0 aliphatic rings. The van der Waals surface area contributed by atoms with Crippen molar-refractivity contribution in [1.82, 2.24) is 5.48 Å². The molecule has 0 aliphatic heterocycles. The van der Waals surface area contributed by atoms with Crippen molar-refractivity contribution in [2.45, 2.75) is 4.90 Å². The van der Waals surface area contributed by atoms with E-state index in [2.05, 4.69) is 5.32 Å². The first kappa shape index (κ1) is 16.0. The lowest BCUT2D eigenvalue weighted by atomic mass is 10.2. The summed E-state index contributed by atoms with van der Waals surface area (Å²) >= 11 is 0. The van der Waals surface area contributed by atoms with E-state index in [0.29, 0.717) is 16.7 Å². The predicted octanol–water partition coefficient (Wildman–Crippen LogP) is 2.40. The van der Waals surface area contributed by atoms with Crippen molar-refractivity contribution >= 4 is 32.4 Å². The van der Waals surface area contributed by atoms with Crippen LogP contribution in [0, 0.1) is 0 Å². The third-order valence-electron chi connectivity index (χ3n) is 3.41. The average molecular weight is 346 g/mol. The maximum absolute atomic E-state index is 12.2. The Hall–Kier alpha value is -2.84. The van der Waals surface area contributed by atoms with E-state index in [1.165, 1.54) is 23.7 Å². The van der Waals surface area contributed by atoms with Gasteiger partial charge in [0.05, 0.1) is 4.90 Å². The lowest BCUT2D eigenvalue weighted by Gasteiger charge is -2.07. The van der Waals surface area contributed by atoms with Gasteiger partial charge in [0.15, 0.2) is 15.6 Å². The number of benzene rings is 2. The summed E-state index contributed by atoms with van der Waals surface area (Å²) in [6.45, 7) is 0. The number of carbonyl (C=O) groups is 1. The molecule has 0 saturated carbocycles. The van der Waals surface area contributed by atoms with Gasteiger partial charge < -0.3 is 9.73 Å². The van der Waals surface area contributed by atoms with Crippen LogP contribution < -0.4 is 10.8 Å². The molecule has 0 bridgehead atoms. The summed E-state index contributed by atoms with van der Waals surface area (Å²) in [5.41, 5.74) is 2.51. The lowest BCUT2D eigenvalue weighted by Crippen LogP contribution is -2.17. The number of hydrogen-bond acceptors (Lipinski definition) is 6. The molecule has 7 nitrogen and oxygen atoms in total. The highest BCUT2D eigenvalue weighted by Crippen LogP contribution is 2.23. The van der Waals surface area contributed by atoms with Crippen molar-refractivity contribution < 1.29 is 22.8 Å². The molecule has 1 heterocycles. The van der Waals surface area contributed by atoms with E-state index in [9.17, 15) is 13.2 Å². The number of furan rings is 1. The van der Waals surface area contributed by atoms with Gasteiger partial charge in [0.25, 0.3) is 0 Å². The molecular formula is C16H14N2O5S.